The number of nitrogens with zero attached hydrogens (tertiary/aromatic N) is 3. The van der Waals surface area contributed by atoms with E-state index in [2.05, 4.69) is 15.5 Å². The highest BCUT2D eigenvalue weighted by molar-refractivity contribution is 7.15. The topological polar surface area (TPSA) is 116 Å². The summed E-state index contributed by atoms with van der Waals surface area (Å²) < 4.78 is 10.1. The Balaban J connectivity index is 2.13. The van der Waals surface area contributed by atoms with Gasteiger partial charge in [-0.15, -0.1) is 10.2 Å². The zero-order valence-corrected chi connectivity index (χ0v) is 13.3. The van der Waals surface area contributed by atoms with Crippen LogP contribution in [0, 0.1) is 10.1 Å². The van der Waals surface area contributed by atoms with Crippen LogP contribution in [0.5, 0.6) is 5.75 Å². The first-order valence-electron chi connectivity index (χ1n) is 6.59. The van der Waals surface area contributed by atoms with E-state index in [4.69, 9.17) is 9.47 Å². The number of ether oxygens (including phenoxy) is 2. The van der Waals surface area contributed by atoms with Crippen molar-refractivity contribution in [3.05, 3.63) is 38.9 Å². The number of methoxy groups -OCH3 is 1. The molecule has 0 atom stereocenters. The van der Waals surface area contributed by atoms with E-state index in [0.717, 1.165) is 6.07 Å². The standard InChI is InChI=1S/C13H14N4O5S/c1-3-22-7-11-15-16-13(23-11)14-12(18)8-4-5-10(21-2)9(6-8)17(19)20/h4-6H,3,7H2,1-2H3,(H,14,16,18). The summed E-state index contributed by atoms with van der Waals surface area (Å²) in [6.07, 6.45) is 0. The lowest BCUT2D eigenvalue weighted by atomic mass is 10.2. The molecular formula is C13H14N4O5S. The van der Waals surface area contributed by atoms with E-state index in [1.165, 1.54) is 30.6 Å². The Bertz CT molecular complexity index is 718. The summed E-state index contributed by atoms with van der Waals surface area (Å²) in [6, 6.07) is 3.95. The third kappa shape index (κ3) is 4.20. The first-order valence-corrected chi connectivity index (χ1v) is 7.40. The fraction of sp³-hybridized carbons (Fsp3) is 0.308. The summed E-state index contributed by atoms with van der Waals surface area (Å²) in [5.41, 5.74) is -0.159. The van der Waals surface area contributed by atoms with E-state index in [9.17, 15) is 14.9 Å². The van der Waals surface area contributed by atoms with Crippen molar-refractivity contribution in [2.75, 3.05) is 19.0 Å². The zero-order valence-electron chi connectivity index (χ0n) is 12.4. The highest BCUT2D eigenvalue weighted by Crippen LogP contribution is 2.28. The second-order valence-corrected chi connectivity index (χ2v) is 5.30. The second-order valence-electron chi connectivity index (χ2n) is 4.24. The van der Waals surface area contributed by atoms with Gasteiger partial charge in [0.1, 0.15) is 11.6 Å². The smallest absolute Gasteiger partial charge is 0.311 e. The highest BCUT2D eigenvalue weighted by atomic mass is 32.1. The average molecular weight is 338 g/mol. The first-order chi connectivity index (χ1) is 11.0. The molecule has 9 nitrogen and oxygen atoms in total. The Morgan fingerprint density at radius 1 is 1.43 bits per heavy atom. The van der Waals surface area contributed by atoms with Crippen molar-refractivity contribution in [1.29, 1.82) is 0 Å². The molecule has 0 bridgehead atoms. The lowest BCUT2D eigenvalue weighted by molar-refractivity contribution is -0.385. The van der Waals surface area contributed by atoms with Crippen LogP contribution in [0.3, 0.4) is 0 Å². The van der Waals surface area contributed by atoms with Gasteiger partial charge in [-0.05, 0) is 19.1 Å². The van der Waals surface area contributed by atoms with E-state index in [0.29, 0.717) is 23.4 Å². The number of carbonyl (C=O) groups is 1. The summed E-state index contributed by atoms with van der Waals surface area (Å²) in [7, 11) is 1.32. The van der Waals surface area contributed by atoms with Gasteiger partial charge in [-0.2, -0.15) is 0 Å². The van der Waals surface area contributed by atoms with E-state index < -0.39 is 10.8 Å². The maximum atomic E-state index is 12.1. The monoisotopic (exact) mass is 338 g/mol. The van der Waals surface area contributed by atoms with Gasteiger partial charge in [0.05, 0.1) is 12.0 Å². The van der Waals surface area contributed by atoms with Crippen LogP contribution < -0.4 is 10.1 Å². The molecule has 2 aromatic rings. The molecule has 1 aromatic heterocycles. The van der Waals surface area contributed by atoms with Gasteiger partial charge in [0, 0.05) is 18.2 Å². The number of amides is 1. The van der Waals surface area contributed by atoms with E-state index in [1.54, 1.807) is 0 Å². The van der Waals surface area contributed by atoms with Gasteiger partial charge in [0.2, 0.25) is 5.13 Å². The number of hydrogen-bond acceptors (Lipinski definition) is 8. The van der Waals surface area contributed by atoms with Crippen LogP contribution in [-0.2, 0) is 11.3 Å². The minimum Gasteiger partial charge on any atom is -0.490 e. The molecule has 0 radical (unpaired) electrons. The maximum Gasteiger partial charge on any atom is 0.311 e. The van der Waals surface area contributed by atoms with Crippen molar-refractivity contribution in [3.8, 4) is 5.75 Å². The summed E-state index contributed by atoms with van der Waals surface area (Å²) >= 11 is 1.18. The van der Waals surface area contributed by atoms with Gasteiger partial charge in [-0.3, -0.25) is 20.2 Å². The molecular weight excluding hydrogens is 324 g/mol. The fourth-order valence-electron chi connectivity index (χ4n) is 1.70. The summed E-state index contributed by atoms with van der Waals surface area (Å²) in [6.45, 7) is 2.73. The zero-order chi connectivity index (χ0) is 16.8. The normalized spacial score (nSPS) is 10.3. The first kappa shape index (κ1) is 16.8. The number of nitro benzene ring substituents is 1. The SMILES string of the molecule is CCOCc1nnc(NC(=O)c2ccc(OC)c([N+](=O)[O-])c2)s1. The molecule has 1 amide bonds. The third-order valence-electron chi connectivity index (χ3n) is 2.75. The van der Waals surface area contributed by atoms with Crippen LogP contribution in [-0.4, -0.2) is 34.7 Å². The van der Waals surface area contributed by atoms with Crippen LogP contribution in [0.25, 0.3) is 0 Å². The molecule has 1 N–H and O–H groups in total. The van der Waals surface area contributed by atoms with Gasteiger partial charge >= 0.3 is 5.69 Å². The van der Waals surface area contributed by atoms with Crippen LogP contribution in [0.2, 0.25) is 0 Å². The number of carbonyl (C=O) groups excluding carboxylic acids is 1. The molecule has 0 spiro atoms. The summed E-state index contributed by atoms with van der Waals surface area (Å²) in [5.74, 6) is -0.434. The largest absolute Gasteiger partial charge is 0.490 e. The Morgan fingerprint density at radius 3 is 2.87 bits per heavy atom. The van der Waals surface area contributed by atoms with Crippen LogP contribution in [0.15, 0.2) is 18.2 Å². The molecule has 0 aliphatic carbocycles. The molecule has 0 unspecified atom stereocenters. The molecule has 2 rings (SSSR count). The van der Waals surface area contributed by atoms with Crippen LogP contribution in [0.4, 0.5) is 10.8 Å². The van der Waals surface area contributed by atoms with Gasteiger partial charge in [0.25, 0.3) is 5.91 Å². The van der Waals surface area contributed by atoms with Crippen molar-refractivity contribution >= 4 is 28.1 Å². The van der Waals surface area contributed by atoms with Gasteiger partial charge in [0.15, 0.2) is 5.75 Å². The Hall–Kier alpha value is -2.59. The van der Waals surface area contributed by atoms with Crippen molar-refractivity contribution in [3.63, 3.8) is 0 Å². The number of rotatable bonds is 7. The van der Waals surface area contributed by atoms with Crippen molar-refractivity contribution in [2.45, 2.75) is 13.5 Å². The average Bonchev–Trinajstić information content (AvgIpc) is 2.99. The van der Waals surface area contributed by atoms with Crippen LogP contribution >= 0.6 is 11.3 Å². The molecule has 1 aromatic carbocycles. The summed E-state index contributed by atoms with van der Waals surface area (Å²) in [4.78, 5) is 22.5. The van der Waals surface area contributed by atoms with Crippen molar-refractivity contribution in [2.24, 2.45) is 0 Å². The van der Waals surface area contributed by atoms with E-state index in [1.807, 2.05) is 6.92 Å². The maximum absolute atomic E-state index is 12.1. The second kappa shape index (κ2) is 7.61. The molecule has 122 valence electrons. The highest BCUT2D eigenvalue weighted by Gasteiger charge is 2.19. The number of anilines is 1. The van der Waals surface area contributed by atoms with E-state index >= 15 is 0 Å². The Morgan fingerprint density at radius 2 is 2.22 bits per heavy atom. The fourth-order valence-corrected chi connectivity index (χ4v) is 2.37. The quantitative estimate of drug-likeness (QED) is 0.608. The van der Waals surface area contributed by atoms with Gasteiger partial charge in [-0.25, -0.2) is 0 Å². The van der Waals surface area contributed by atoms with Crippen molar-refractivity contribution in [1.82, 2.24) is 10.2 Å². The molecule has 10 heteroatoms. The van der Waals surface area contributed by atoms with Gasteiger partial charge < -0.3 is 9.47 Å². The number of hydrogen-bond donors (Lipinski definition) is 1. The van der Waals surface area contributed by atoms with Crippen LogP contribution in [0.1, 0.15) is 22.3 Å². The molecule has 0 aliphatic heterocycles. The number of aromatic nitrogens is 2. The third-order valence-corrected chi connectivity index (χ3v) is 3.57. The predicted octanol–water partition coefficient (Wildman–Crippen LogP) is 2.24. The number of benzene rings is 1. The van der Waals surface area contributed by atoms with E-state index in [-0.39, 0.29) is 17.0 Å². The summed E-state index contributed by atoms with van der Waals surface area (Å²) in [5, 5.41) is 22.1. The molecule has 0 saturated heterocycles. The molecule has 0 aliphatic rings. The number of nitro groups is 1. The lowest BCUT2D eigenvalue weighted by Crippen LogP contribution is -2.12. The molecule has 0 saturated carbocycles. The van der Waals surface area contributed by atoms with Gasteiger partial charge in [-0.1, -0.05) is 11.3 Å². The molecule has 1 heterocycles. The minimum atomic E-state index is -0.610. The Labute approximate surface area is 135 Å². The predicted molar refractivity (Wildman–Crippen MR) is 82.8 cm³/mol. The number of nitrogens with one attached hydrogen (secondary N) is 1. The minimum absolute atomic E-state index is 0.0847. The molecule has 23 heavy (non-hydrogen) atoms. The van der Waals surface area contributed by atoms with Crippen molar-refractivity contribution < 1.29 is 19.2 Å². The molecule has 0 fully saturated rings. The Kier molecular flexibility index (Phi) is 5.55. The lowest BCUT2D eigenvalue weighted by Gasteiger charge is -2.04.